The first kappa shape index (κ1) is 30.1. The summed E-state index contributed by atoms with van der Waals surface area (Å²) in [7, 11) is 0. The smallest absolute Gasteiger partial charge is 0.254 e. The van der Waals surface area contributed by atoms with Crippen LogP contribution in [0.25, 0.3) is 5.69 Å². The molecule has 4 aromatic rings. The Morgan fingerprint density at radius 2 is 1.64 bits per heavy atom. The number of unbranched alkanes of at least 4 members (excludes halogenated alkanes) is 1. The molecule has 10 heteroatoms. The van der Waals surface area contributed by atoms with Crippen LogP contribution in [0.1, 0.15) is 47.9 Å². The number of halogens is 2. The third-order valence-corrected chi connectivity index (χ3v) is 9.10. The molecule has 1 aliphatic heterocycles. The molecular weight excluding hydrogens is 589 g/mol. The highest BCUT2D eigenvalue weighted by atomic mass is 35.5. The number of para-hydroxylation sites is 1. The lowest BCUT2D eigenvalue weighted by molar-refractivity contribution is -0.133. The van der Waals surface area contributed by atoms with Crippen LogP contribution in [0.4, 0.5) is 0 Å². The van der Waals surface area contributed by atoms with Crippen molar-refractivity contribution in [2.24, 2.45) is 0 Å². The van der Waals surface area contributed by atoms with E-state index in [1.54, 1.807) is 34.9 Å². The molecule has 218 valence electrons. The summed E-state index contributed by atoms with van der Waals surface area (Å²) in [6, 6.07) is 25.3. The third-order valence-electron chi connectivity index (χ3n) is 7.34. The highest BCUT2D eigenvalue weighted by Crippen LogP contribution is 2.26. The minimum Gasteiger partial charge on any atom is -0.339 e. The van der Waals surface area contributed by atoms with Gasteiger partial charge in [0.05, 0.1) is 10.0 Å². The van der Waals surface area contributed by atoms with Gasteiger partial charge in [0.1, 0.15) is 5.82 Å². The van der Waals surface area contributed by atoms with Crippen LogP contribution in [0.5, 0.6) is 0 Å². The molecule has 1 atom stereocenters. The predicted octanol–water partition coefficient (Wildman–Crippen LogP) is 6.80. The van der Waals surface area contributed by atoms with Gasteiger partial charge < -0.3 is 9.80 Å². The second-order valence-electron chi connectivity index (χ2n) is 10.4. The zero-order valence-electron chi connectivity index (χ0n) is 23.5. The molecule has 0 bridgehead atoms. The van der Waals surface area contributed by atoms with Gasteiger partial charge in [-0.05, 0) is 55.7 Å². The largest absolute Gasteiger partial charge is 0.339 e. The van der Waals surface area contributed by atoms with Gasteiger partial charge in [-0.1, -0.05) is 83.5 Å². The van der Waals surface area contributed by atoms with Gasteiger partial charge in [0, 0.05) is 55.5 Å². The van der Waals surface area contributed by atoms with E-state index in [0.717, 1.165) is 35.3 Å². The maximum absolute atomic E-state index is 13.0. The Kier molecular flexibility index (Phi) is 10.2. The van der Waals surface area contributed by atoms with Crippen LogP contribution < -0.4 is 0 Å². The number of thioether (sulfide) groups is 1. The van der Waals surface area contributed by atoms with Crippen molar-refractivity contribution in [3.63, 3.8) is 0 Å². The standard InChI is InChI=1S/C32H33Cl2N5O2S/c1-23-22-37(17-18-38(23)31(41)25-15-16-27(33)28(34)21-25)30(40)14-8-9-19-42-32-36-35-29(20-24-10-4-2-5-11-24)39(32)26-12-6-3-7-13-26/h2-7,10-13,15-16,21,23H,8-9,14,17-20,22H2,1H3. The summed E-state index contributed by atoms with van der Waals surface area (Å²) in [5.41, 5.74) is 2.73. The Labute approximate surface area is 260 Å². The van der Waals surface area contributed by atoms with Gasteiger partial charge in [-0.3, -0.25) is 14.2 Å². The van der Waals surface area contributed by atoms with Crippen LogP contribution in [0.15, 0.2) is 84.0 Å². The molecule has 3 aromatic carbocycles. The first-order valence-corrected chi connectivity index (χ1v) is 15.8. The van der Waals surface area contributed by atoms with Crippen LogP contribution in [-0.4, -0.2) is 67.8 Å². The Hall–Kier alpha value is -3.33. The zero-order valence-corrected chi connectivity index (χ0v) is 25.8. The van der Waals surface area contributed by atoms with Crippen LogP contribution in [-0.2, 0) is 11.2 Å². The van der Waals surface area contributed by atoms with E-state index in [2.05, 4.69) is 39.0 Å². The van der Waals surface area contributed by atoms with E-state index in [-0.39, 0.29) is 17.9 Å². The van der Waals surface area contributed by atoms with Crippen molar-refractivity contribution in [3.05, 3.63) is 106 Å². The molecule has 7 nitrogen and oxygen atoms in total. The summed E-state index contributed by atoms with van der Waals surface area (Å²) in [5, 5.41) is 10.7. The van der Waals surface area contributed by atoms with Crippen molar-refractivity contribution < 1.29 is 9.59 Å². The summed E-state index contributed by atoms with van der Waals surface area (Å²) in [5.74, 6) is 1.77. The Morgan fingerprint density at radius 1 is 0.905 bits per heavy atom. The molecular formula is C32H33Cl2N5O2S. The first-order chi connectivity index (χ1) is 20.4. The molecule has 1 aromatic heterocycles. The monoisotopic (exact) mass is 621 g/mol. The lowest BCUT2D eigenvalue weighted by Gasteiger charge is -2.40. The number of carbonyl (C=O) groups excluding carboxylic acids is 2. The van der Waals surface area contributed by atoms with Crippen molar-refractivity contribution in [1.82, 2.24) is 24.6 Å². The third kappa shape index (κ3) is 7.35. The number of aromatic nitrogens is 3. The number of rotatable bonds is 10. The average Bonchev–Trinajstić information content (AvgIpc) is 3.40. The molecule has 1 fully saturated rings. The summed E-state index contributed by atoms with van der Waals surface area (Å²) in [6.45, 7) is 3.50. The normalized spacial score (nSPS) is 15.2. The highest BCUT2D eigenvalue weighted by Gasteiger charge is 2.30. The van der Waals surface area contributed by atoms with Crippen molar-refractivity contribution >= 4 is 46.8 Å². The molecule has 2 amide bonds. The summed E-state index contributed by atoms with van der Waals surface area (Å²) in [6.07, 6.45) is 2.86. The number of benzene rings is 3. The molecule has 2 heterocycles. The molecule has 0 radical (unpaired) electrons. The minimum absolute atomic E-state index is 0.0883. The van der Waals surface area contributed by atoms with Crippen molar-refractivity contribution in [3.8, 4) is 5.69 Å². The molecule has 5 rings (SSSR count). The number of amides is 2. The minimum atomic E-state index is -0.0968. The van der Waals surface area contributed by atoms with E-state index < -0.39 is 0 Å². The van der Waals surface area contributed by atoms with Crippen LogP contribution in [0.3, 0.4) is 0 Å². The predicted molar refractivity (Wildman–Crippen MR) is 169 cm³/mol. The maximum atomic E-state index is 13.0. The van der Waals surface area contributed by atoms with Gasteiger partial charge in [0.25, 0.3) is 5.91 Å². The zero-order chi connectivity index (χ0) is 29.5. The molecule has 1 unspecified atom stereocenters. The summed E-state index contributed by atoms with van der Waals surface area (Å²) >= 11 is 13.8. The van der Waals surface area contributed by atoms with Gasteiger partial charge in [-0.2, -0.15) is 0 Å². The second-order valence-corrected chi connectivity index (χ2v) is 12.2. The molecule has 42 heavy (non-hydrogen) atoms. The van der Waals surface area contributed by atoms with E-state index >= 15 is 0 Å². The lowest BCUT2D eigenvalue weighted by Crippen LogP contribution is -2.55. The van der Waals surface area contributed by atoms with Crippen molar-refractivity contribution in [1.29, 1.82) is 0 Å². The summed E-state index contributed by atoms with van der Waals surface area (Å²) < 4.78 is 2.13. The fraction of sp³-hybridized carbons (Fsp3) is 0.312. The van der Waals surface area contributed by atoms with Gasteiger partial charge >= 0.3 is 0 Å². The quantitative estimate of drug-likeness (QED) is 0.144. The number of piperazine rings is 1. The van der Waals surface area contributed by atoms with Gasteiger partial charge in [0.2, 0.25) is 5.91 Å². The molecule has 1 saturated heterocycles. The van der Waals surface area contributed by atoms with Crippen molar-refractivity contribution in [2.45, 2.75) is 43.8 Å². The Bertz CT molecular complexity index is 1520. The lowest BCUT2D eigenvalue weighted by atomic mass is 10.1. The molecule has 0 spiro atoms. The fourth-order valence-corrected chi connectivity index (χ4v) is 6.37. The van der Waals surface area contributed by atoms with Gasteiger partial charge in [-0.25, -0.2) is 0 Å². The summed E-state index contributed by atoms with van der Waals surface area (Å²) in [4.78, 5) is 29.7. The maximum Gasteiger partial charge on any atom is 0.254 e. The first-order valence-electron chi connectivity index (χ1n) is 14.1. The van der Waals surface area contributed by atoms with E-state index in [9.17, 15) is 9.59 Å². The molecule has 0 N–H and O–H groups in total. The topological polar surface area (TPSA) is 71.3 Å². The van der Waals surface area contributed by atoms with Crippen LogP contribution in [0, 0.1) is 0 Å². The number of carbonyl (C=O) groups is 2. The molecule has 0 saturated carbocycles. The Morgan fingerprint density at radius 3 is 2.36 bits per heavy atom. The number of hydrogen-bond acceptors (Lipinski definition) is 5. The van der Waals surface area contributed by atoms with E-state index in [4.69, 9.17) is 23.2 Å². The van der Waals surface area contributed by atoms with Gasteiger partial charge in [-0.15, -0.1) is 10.2 Å². The average molecular weight is 623 g/mol. The SMILES string of the molecule is CC1CN(C(=O)CCCCSc2nnc(Cc3ccccc3)n2-c2ccccc2)CCN1C(=O)c1ccc(Cl)c(Cl)c1. The Balaban J connectivity index is 1.11. The fourth-order valence-electron chi connectivity index (χ4n) is 5.10. The van der Waals surface area contributed by atoms with Crippen LogP contribution >= 0.6 is 35.0 Å². The number of nitrogens with zero attached hydrogens (tertiary/aromatic N) is 5. The molecule has 0 aliphatic carbocycles. The highest BCUT2D eigenvalue weighted by molar-refractivity contribution is 7.99. The van der Waals surface area contributed by atoms with Crippen molar-refractivity contribution in [2.75, 3.05) is 25.4 Å². The molecule has 1 aliphatic rings. The van der Waals surface area contributed by atoms with E-state index in [1.165, 1.54) is 5.56 Å². The van der Waals surface area contributed by atoms with Crippen LogP contribution in [0.2, 0.25) is 10.0 Å². The van der Waals surface area contributed by atoms with E-state index in [1.807, 2.05) is 48.2 Å². The van der Waals surface area contributed by atoms with Gasteiger partial charge in [0.15, 0.2) is 5.16 Å². The van der Waals surface area contributed by atoms with E-state index in [0.29, 0.717) is 48.1 Å². The number of hydrogen-bond donors (Lipinski definition) is 0. The second kappa shape index (κ2) is 14.2.